The van der Waals surface area contributed by atoms with Crippen LogP contribution in [0.5, 0.6) is 0 Å². The zero-order chi connectivity index (χ0) is 23.7. The number of aromatic nitrogens is 2. The van der Waals surface area contributed by atoms with Gasteiger partial charge in [-0.25, -0.2) is 0 Å². The summed E-state index contributed by atoms with van der Waals surface area (Å²) in [6, 6.07) is 22.8. The topological polar surface area (TPSA) is 88.3 Å². The van der Waals surface area contributed by atoms with E-state index in [1.54, 1.807) is 11.0 Å². The van der Waals surface area contributed by atoms with Gasteiger partial charge in [-0.15, -0.1) is 0 Å². The number of rotatable bonds is 5. The second kappa shape index (κ2) is 8.94. The van der Waals surface area contributed by atoms with E-state index in [1.165, 1.54) is 0 Å². The fraction of sp³-hybridized carbons (Fsp3) is 0.185. The average molecular weight is 453 g/mol. The van der Waals surface area contributed by atoms with Crippen molar-refractivity contribution in [3.05, 3.63) is 83.9 Å². The molecule has 0 saturated carbocycles. The van der Waals surface area contributed by atoms with Crippen LogP contribution in [0.15, 0.2) is 77.3 Å². The Kier molecular flexibility index (Phi) is 5.67. The highest BCUT2D eigenvalue weighted by molar-refractivity contribution is 6.04. The van der Waals surface area contributed by atoms with Crippen molar-refractivity contribution < 1.29 is 14.1 Å². The molecule has 4 aromatic rings. The van der Waals surface area contributed by atoms with Crippen LogP contribution in [0.1, 0.15) is 17.5 Å². The highest BCUT2D eigenvalue weighted by Gasteiger charge is 2.36. The number of hydrogen-bond acceptors (Lipinski definition) is 5. The molecule has 2 amide bonds. The number of anilines is 2. The van der Waals surface area contributed by atoms with Gasteiger partial charge in [0.25, 0.3) is 5.89 Å². The molecule has 1 aliphatic rings. The first kappa shape index (κ1) is 21.6. The van der Waals surface area contributed by atoms with Gasteiger partial charge in [-0.2, -0.15) is 4.98 Å². The Hall–Kier alpha value is -4.26. The predicted octanol–water partition coefficient (Wildman–Crippen LogP) is 5.01. The van der Waals surface area contributed by atoms with Crippen molar-refractivity contribution >= 4 is 23.2 Å². The third-order valence-corrected chi connectivity index (χ3v) is 6.02. The van der Waals surface area contributed by atoms with Crippen LogP contribution in [0.25, 0.3) is 22.8 Å². The molecule has 0 spiro atoms. The van der Waals surface area contributed by atoms with Crippen LogP contribution in [0.2, 0.25) is 0 Å². The standard InChI is InChI=1S/C27H24N4O3/c1-17-8-7-10-19(14-17)25-29-27(34-30-25)21-11-4-5-12-22(21)28-26(33)20-15-24(32)31(16-20)23-13-6-3-9-18(23)2/h3-14,20H,15-16H2,1-2H3,(H,28,33)/t20-/m0/s1. The van der Waals surface area contributed by atoms with Gasteiger partial charge in [0, 0.05) is 24.2 Å². The first-order chi connectivity index (χ1) is 16.5. The summed E-state index contributed by atoms with van der Waals surface area (Å²) in [5.41, 5.74) is 5.00. The first-order valence-electron chi connectivity index (χ1n) is 11.2. The molecule has 1 aromatic heterocycles. The van der Waals surface area contributed by atoms with Crippen LogP contribution >= 0.6 is 0 Å². The smallest absolute Gasteiger partial charge is 0.260 e. The zero-order valence-electron chi connectivity index (χ0n) is 19.0. The van der Waals surface area contributed by atoms with E-state index in [0.29, 0.717) is 29.5 Å². The normalized spacial score (nSPS) is 15.5. The second-order valence-electron chi connectivity index (χ2n) is 8.52. The summed E-state index contributed by atoms with van der Waals surface area (Å²) < 4.78 is 5.52. The summed E-state index contributed by atoms with van der Waals surface area (Å²) in [7, 11) is 0. The van der Waals surface area contributed by atoms with Crippen molar-refractivity contribution in [2.75, 3.05) is 16.8 Å². The highest BCUT2D eigenvalue weighted by atomic mass is 16.5. The summed E-state index contributed by atoms with van der Waals surface area (Å²) in [6.07, 6.45) is 0.167. The molecule has 7 heteroatoms. The van der Waals surface area contributed by atoms with Gasteiger partial charge in [-0.05, 0) is 43.7 Å². The first-order valence-corrected chi connectivity index (χ1v) is 11.2. The number of carbonyl (C=O) groups excluding carboxylic acids is 2. The lowest BCUT2D eigenvalue weighted by Crippen LogP contribution is -2.28. The maximum Gasteiger partial charge on any atom is 0.260 e. The van der Waals surface area contributed by atoms with Gasteiger partial charge in [-0.3, -0.25) is 9.59 Å². The molecule has 1 fully saturated rings. The Labute approximate surface area is 197 Å². The maximum atomic E-state index is 13.1. The van der Waals surface area contributed by atoms with E-state index in [1.807, 2.05) is 80.6 Å². The Morgan fingerprint density at radius 3 is 2.65 bits per heavy atom. The Balaban J connectivity index is 1.35. The molecular weight excluding hydrogens is 428 g/mol. The van der Waals surface area contributed by atoms with E-state index in [-0.39, 0.29) is 18.2 Å². The monoisotopic (exact) mass is 452 g/mol. The number of nitrogens with zero attached hydrogens (tertiary/aromatic N) is 3. The maximum absolute atomic E-state index is 13.1. The van der Waals surface area contributed by atoms with Gasteiger partial charge in [0.05, 0.1) is 17.2 Å². The van der Waals surface area contributed by atoms with Crippen LogP contribution in [-0.2, 0) is 9.59 Å². The van der Waals surface area contributed by atoms with Crippen LogP contribution in [-0.4, -0.2) is 28.5 Å². The van der Waals surface area contributed by atoms with E-state index in [4.69, 9.17) is 4.52 Å². The number of benzene rings is 3. The molecule has 170 valence electrons. The molecule has 0 aliphatic carbocycles. The minimum Gasteiger partial charge on any atom is -0.334 e. The van der Waals surface area contributed by atoms with Crippen molar-refractivity contribution in [1.29, 1.82) is 0 Å². The molecule has 34 heavy (non-hydrogen) atoms. The summed E-state index contributed by atoms with van der Waals surface area (Å²) in [5.74, 6) is 0.0787. The Bertz CT molecular complexity index is 1380. The number of aryl methyl sites for hydroxylation is 2. The lowest BCUT2D eigenvalue weighted by Gasteiger charge is -2.19. The van der Waals surface area contributed by atoms with E-state index >= 15 is 0 Å². The summed E-state index contributed by atoms with van der Waals surface area (Å²) >= 11 is 0. The van der Waals surface area contributed by atoms with Crippen LogP contribution in [0.4, 0.5) is 11.4 Å². The van der Waals surface area contributed by atoms with Crippen molar-refractivity contribution in [3.63, 3.8) is 0 Å². The van der Waals surface area contributed by atoms with Gasteiger partial charge in [0.15, 0.2) is 0 Å². The molecular formula is C27H24N4O3. The van der Waals surface area contributed by atoms with Crippen LogP contribution < -0.4 is 10.2 Å². The second-order valence-corrected chi connectivity index (χ2v) is 8.52. The van der Waals surface area contributed by atoms with Crippen molar-refractivity contribution in [3.8, 4) is 22.8 Å². The molecule has 0 radical (unpaired) electrons. The number of nitrogens with one attached hydrogen (secondary N) is 1. The molecule has 1 saturated heterocycles. The van der Waals surface area contributed by atoms with Crippen LogP contribution in [0.3, 0.4) is 0 Å². The molecule has 0 bridgehead atoms. The van der Waals surface area contributed by atoms with Gasteiger partial charge < -0.3 is 14.7 Å². The van der Waals surface area contributed by atoms with E-state index in [9.17, 15) is 9.59 Å². The molecule has 1 N–H and O–H groups in total. The quantitative estimate of drug-likeness (QED) is 0.460. The van der Waals surface area contributed by atoms with Gasteiger partial charge in [0.2, 0.25) is 17.6 Å². The molecule has 7 nitrogen and oxygen atoms in total. The third kappa shape index (κ3) is 4.20. The number of para-hydroxylation sites is 2. The molecule has 5 rings (SSSR count). The van der Waals surface area contributed by atoms with Gasteiger partial charge in [0.1, 0.15) is 0 Å². The lowest BCUT2D eigenvalue weighted by molar-refractivity contribution is -0.122. The summed E-state index contributed by atoms with van der Waals surface area (Å²) in [5, 5.41) is 7.08. The van der Waals surface area contributed by atoms with E-state index in [2.05, 4.69) is 15.5 Å². The molecule has 1 atom stereocenters. The minimum absolute atomic E-state index is 0.0533. The predicted molar refractivity (Wildman–Crippen MR) is 130 cm³/mol. The van der Waals surface area contributed by atoms with E-state index in [0.717, 1.165) is 22.4 Å². The SMILES string of the molecule is Cc1cccc(-c2noc(-c3ccccc3NC(=O)[C@H]3CC(=O)N(c4ccccc4C)C3)n2)c1. The largest absolute Gasteiger partial charge is 0.334 e. The molecule has 1 aliphatic heterocycles. The Morgan fingerprint density at radius 2 is 1.82 bits per heavy atom. The number of amides is 2. The fourth-order valence-electron chi connectivity index (χ4n) is 4.23. The van der Waals surface area contributed by atoms with Crippen molar-refractivity contribution in [2.45, 2.75) is 20.3 Å². The average Bonchev–Trinajstić information content (AvgIpc) is 3.47. The Morgan fingerprint density at radius 1 is 1.03 bits per heavy atom. The van der Waals surface area contributed by atoms with Crippen molar-refractivity contribution in [2.24, 2.45) is 5.92 Å². The summed E-state index contributed by atoms with van der Waals surface area (Å²) in [6.45, 7) is 4.31. The molecule has 0 unspecified atom stereocenters. The minimum atomic E-state index is -0.453. The zero-order valence-corrected chi connectivity index (χ0v) is 19.0. The molecule has 3 aromatic carbocycles. The highest BCUT2D eigenvalue weighted by Crippen LogP contribution is 2.31. The number of carbonyl (C=O) groups is 2. The van der Waals surface area contributed by atoms with E-state index < -0.39 is 5.92 Å². The number of hydrogen-bond donors (Lipinski definition) is 1. The van der Waals surface area contributed by atoms with Gasteiger partial charge >= 0.3 is 0 Å². The lowest BCUT2D eigenvalue weighted by atomic mass is 10.1. The van der Waals surface area contributed by atoms with Crippen molar-refractivity contribution in [1.82, 2.24) is 10.1 Å². The summed E-state index contributed by atoms with van der Waals surface area (Å²) in [4.78, 5) is 32.0. The third-order valence-electron chi connectivity index (χ3n) is 6.02. The molecule has 2 heterocycles. The van der Waals surface area contributed by atoms with Crippen LogP contribution in [0, 0.1) is 19.8 Å². The van der Waals surface area contributed by atoms with Gasteiger partial charge in [-0.1, -0.05) is 59.3 Å². The fourth-order valence-corrected chi connectivity index (χ4v) is 4.23.